The summed E-state index contributed by atoms with van der Waals surface area (Å²) < 4.78 is 12.9. The van der Waals surface area contributed by atoms with Crippen molar-refractivity contribution in [3.8, 4) is 0 Å². The Morgan fingerprint density at radius 3 is 2.94 bits per heavy atom. The SMILES string of the molecule is Nc1ncnc(NCc2cccc(F)c2)n1. The minimum Gasteiger partial charge on any atom is -0.368 e. The van der Waals surface area contributed by atoms with Gasteiger partial charge in [0.25, 0.3) is 0 Å². The van der Waals surface area contributed by atoms with Gasteiger partial charge in [0.2, 0.25) is 11.9 Å². The van der Waals surface area contributed by atoms with Gasteiger partial charge >= 0.3 is 0 Å². The molecule has 0 aliphatic rings. The summed E-state index contributed by atoms with van der Waals surface area (Å²) >= 11 is 0. The van der Waals surface area contributed by atoms with Crippen LogP contribution in [0.5, 0.6) is 0 Å². The second-order valence-electron chi connectivity index (χ2n) is 3.15. The molecule has 6 heteroatoms. The summed E-state index contributed by atoms with van der Waals surface area (Å²) in [5.41, 5.74) is 6.19. The van der Waals surface area contributed by atoms with Gasteiger partial charge in [-0.2, -0.15) is 4.98 Å². The largest absolute Gasteiger partial charge is 0.368 e. The molecule has 82 valence electrons. The molecule has 0 radical (unpaired) electrons. The van der Waals surface area contributed by atoms with Crippen LogP contribution in [0, 0.1) is 5.82 Å². The summed E-state index contributed by atoms with van der Waals surface area (Å²) in [4.78, 5) is 11.4. The van der Waals surface area contributed by atoms with E-state index in [-0.39, 0.29) is 11.8 Å². The van der Waals surface area contributed by atoms with Gasteiger partial charge in [0, 0.05) is 6.54 Å². The van der Waals surface area contributed by atoms with Crippen molar-refractivity contribution in [3.63, 3.8) is 0 Å². The summed E-state index contributed by atoms with van der Waals surface area (Å²) in [7, 11) is 0. The average Bonchev–Trinajstić information content (AvgIpc) is 2.27. The van der Waals surface area contributed by atoms with Crippen molar-refractivity contribution in [2.24, 2.45) is 0 Å². The third-order valence-corrected chi connectivity index (χ3v) is 1.93. The Labute approximate surface area is 91.6 Å². The summed E-state index contributed by atoms with van der Waals surface area (Å²) in [6.07, 6.45) is 1.32. The first-order valence-electron chi connectivity index (χ1n) is 4.67. The molecule has 3 N–H and O–H groups in total. The van der Waals surface area contributed by atoms with Crippen molar-refractivity contribution in [3.05, 3.63) is 42.0 Å². The highest BCUT2D eigenvalue weighted by molar-refractivity contribution is 5.30. The molecule has 0 unspecified atom stereocenters. The number of hydrogen-bond acceptors (Lipinski definition) is 5. The summed E-state index contributed by atoms with van der Waals surface area (Å²) in [5.74, 6) is 0.253. The number of aromatic nitrogens is 3. The average molecular weight is 219 g/mol. The van der Waals surface area contributed by atoms with Gasteiger partial charge in [-0.05, 0) is 17.7 Å². The molecule has 16 heavy (non-hydrogen) atoms. The molecule has 0 aliphatic heterocycles. The topological polar surface area (TPSA) is 76.7 Å². The Kier molecular flexibility index (Phi) is 2.90. The minimum absolute atomic E-state index is 0.150. The number of anilines is 2. The van der Waals surface area contributed by atoms with E-state index >= 15 is 0 Å². The van der Waals surface area contributed by atoms with Crippen LogP contribution in [0.3, 0.4) is 0 Å². The van der Waals surface area contributed by atoms with Crippen molar-refractivity contribution in [2.45, 2.75) is 6.54 Å². The lowest BCUT2D eigenvalue weighted by Gasteiger charge is -2.04. The number of nitrogens with two attached hydrogens (primary N) is 1. The molecule has 1 heterocycles. The Morgan fingerprint density at radius 1 is 1.31 bits per heavy atom. The fourth-order valence-corrected chi connectivity index (χ4v) is 1.22. The minimum atomic E-state index is -0.269. The third kappa shape index (κ3) is 2.63. The van der Waals surface area contributed by atoms with Crippen LogP contribution >= 0.6 is 0 Å². The lowest BCUT2D eigenvalue weighted by atomic mass is 10.2. The first kappa shape index (κ1) is 10.3. The Bertz CT molecular complexity index is 443. The Balaban J connectivity index is 2.02. The van der Waals surface area contributed by atoms with Gasteiger partial charge in [-0.1, -0.05) is 12.1 Å². The quantitative estimate of drug-likeness (QED) is 0.811. The fourth-order valence-electron chi connectivity index (χ4n) is 1.22. The van der Waals surface area contributed by atoms with Gasteiger partial charge in [0.1, 0.15) is 12.1 Å². The highest BCUT2D eigenvalue weighted by Gasteiger charge is 1.98. The zero-order valence-electron chi connectivity index (χ0n) is 8.39. The van der Waals surface area contributed by atoms with Crippen LogP contribution in [-0.2, 0) is 6.54 Å². The molecule has 0 saturated carbocycles. The van der Waals surface area contributed by atoms with Crippen LogP contribution in [0.15, 0.2) is 30.6 Å². The van der Waals surface area contributed by atoms with Gasteiger partial charge in [-0.3, -0.25) is 0 Å². The van der Waals surface area contributed by atoms with E-state index < -0.39 is 0 Å². The van der Waals surface area contributed by atoms with E-state index in [1.54, 1.807) is 12.1 Å². The van der Waals surface area contributed by atoms with Gasteiger partial charge in [0.15, 0.2) is 0 Å². The van der Waals surface area contributed by atoms with Crippen molar-refractivity contribution < 1.29 is 4.39 Å². The van der Waals surface area contributed by atoms with E-state index in [0.29, 0.717) is 12.5 Å². The van der Waals surface area contributed by atoms with Crippen LogP contribution in [0.2, 0.25) is 0 Å². The normalized spacial score (nSPS) is 10.1. The summed E-state index contributed by atoms with van der Waals surface area (Å²) in [6.45, 7) is 0.432. The molecule has 2 aromatic rings. The molecular weight excluding hydrogens is 209 g/mol. The molecule has 0 saturated heterocycles. The van der Waals surface area contributed by atoms with Crippen LogP contribution < -0.4 is 11.1 Å². The van der Waals surface area contributed by atoms with E-state index in [1.165, 1.54) is 18.5 Å². The molecule has 1 aromatic carbocycles. The lowest BCUT2D eigenvalue weighted by molar-refractivity contribution is 0.626. The summed E-state index contributed by atoms with van der Waals surface area (Å²) in [5, 5.41) is 2.92. The van der Waals surface area contributed by atoms with E-state index in [9.17, 15) is 4.39 Å². The zero-order chi connectivity index (χ0) is 11.4. The third-order valence-electron chi connectivity index (χ3n) is 1.93. The van der Waals surface area contributed by atoms with E-state index in [1.807, 2.05) is 0 Å². The lowest BCUT2D eigenvalue weighted by Crippen LogP contribution is -2.06. The molecule has 0 fully saturated rings. The number of nitrogen functional groups attached to an aromatic ring is 1. The maximum absolute atomic E-state index is 12.9. The summed E-state index contributed by atoms with van der Waals surface area (Å²) in [6, 6.07) is 6.29. The highest BCUT2D eigenvalue weighted by atomic mass is 19.1. The van der Waals surface area contributed by atoms with Crippen LogP contribution in [0.4, 0.5) is 16.3 Å². The molecule has 2 rings (SSSR count). The van der Waals surface area contributed by atoms with Crippen LogP contribution in [0.25, 0.3) is 0 Å². The van der Waals surface area contributed by atoms with E-state index in [2.05, 4.69) is 20.3 Å². The Hall–Kier alpha value is -2.24. The van der Waals surface area contributed by atoms with Crippen molar-refractivity contribution >= 4 is 11.9 Å². The Morgan fingerprint density at radius 2 is 2.19 bits per heavy atom. The number of nitrogens with one attached hydrogen (secondary N) is 1. The molecule has 1 aromatic heterocycles. The number of benzene rings is 1. The second-order valence-corrected chi connectivity index (χ2v) is 3.15. The van der Waals surface area contributed by atoms with Gasteiger partial charge in [-0.25, -0.2) is 14.4 Å². The highest BCUT2D eigenvalue weighted by Crippen LogP contribution is 2.06. The van der Waals surface area contributed by atoms with Gasteiger partial charge in [-0.15, -0.1) is 0 Å². The maximum Gasteiger partial charge on any atom is 0.227 e. The fraction of sp³-hybridized carbons (Fsp3) is 0.100. The standard InChI is InChI=1S/C10H10FN5/c11-8-3-1-2-7(4-8)5-13-10-15-6-14-9(12)16-10/h1-4,6H,5H2,(H3,12,13,14,15,16). The first-order valence-corrected chi connectivity index (χ1v) is 4.67. The molecule has 0 bridgehead atoms. The van der Waals surface area contributed by atoms with E-state index in [4.69, 9.17) is 5.73 Å². The predicted molar refractivity (Wildman–Crippen MR) is 58.0 cm³/mol. The van der Waals surface area contributed by atoms with E-state index in [0.717, 1.165) is 5.56 Å². The number of halogens is 1. The zero-order valence-corrected chi connectivity index (χ0v) is 8.39. The predicted octanol–water partition coefficient (Wildman–Crippen LogP) is 1.21. The van der Waals surface area contributed by atoms with Crippen LogP contribution in [0.1, 0.15) is 5.56 Å². The molecule has 5 nitrogen and oxygen atoms in total. The van der Waals surface area contributed by atoms with Gasteiger partial charge < -0.3 is 11.1 Å². The van der Waals surface area contributed by atoms with Crippen LogP contribution in [-0.4, -0.2) is 15.0 Å². The van der Waals surface area contributed by atoms with Gasteiger partial charge in [0.05, 0.1) is 0 Å². The number of rotatable bonds is 3. The maximum atomic E-state index is 12.9. The number of nitrogens with zero attached hydrogens (tertiary/aromatic N) is 3. The number of hydrogen-bond donors (Lipinski definition) is 2. The molecule has 0 spiro atoms. The molecular formula is C10H10FN5. The molecule has 0 amide bonds. The van der Waals surface area contributed by atoms with Crippen molar-refractivity contribution in [2.75, 3.05) is 11.1 Å². The second kappa shape index (κ2) is 4.52. The van der Waals surface area contributed by atoms with Crippen molar-refractivity contribution in [1.82, 2.24) is 15.0 Å². The first-order chi connectivity index (χ1) is 7.74. The molecule has 0 atom stereocenters. The molecule has 0 aliphatic carbocycles. The smallest absolute Gasteiger partial charge is 0.227 e. The van der Waals surface area contributed by atoms with Crippen molar-refractivity contribution in [1.29, 1.82) is 0 Å². The monoisotopic (exact) mass is 219 g/mol.